The first kappa shape index (κ1) is 15.1. The van der Waals surface area contributed by atoms with Gasteiger partial charge >= 0.3 is 6.03 Å². The van der Waals surface area contributed by atoms with Gasteiger partial charge in [-0.15, -0.1) is 0 Å². The fraction of sp³-hybridized carbons (Fsp3) is 0.333. The standard InChI is InChI=1S/C15H20N4O2/c1-11(10-19-9-3-8-16-19)17-15(21)18-14-6-4-13(5-7-14)12(2)20/h3-9,11-12,20H,10H2,1-2H3,(H2,17,18,21). The molecule has 0 radical (unpaired) electrons. The number of nitrogens with zero attached hydrogens (tertiary/aromatic N) is 2. The number of urea groups is 1. The van der Waals surface area contributed by atoms with Gasteiger partial charge in [-0.2, -0.15) is 5.10 Å². The van der Waals surface area contributed by atoms with Gasteiger partial charge in [-0.05, 0) is 37.6 Å². The molecule has 21 heavy (non-hydrogen) atoms. The van der Waals surface area contributed by atoms with E-state index < -0.39 is 6.10 Å². The predicted molar refractivity (Wildman–Crippen MR) is 80.9 cm³/mol. The van der Waals surface area contributed by atoms with Gasteiger partial charge < -0.3 is 15.7 Å². The lowest BCUT2D eigenvalue weighted by molar-refractivity contribution is 0.199. The maximum absolute atomic E-state index is 11.9. The van der Waals surface area contributed by atoms with E-state index in [2.05, 4.69) is 15.7 Å². The molecular weight excluding hydrogens is 268 g/mol. The minimum Gasteiger partial charge on any atom is -0.389 e. The summed E-state index contributed by atoms with van der Waals surface area (Å²) in [7, 11) is 0. The monoisotopic (exact) mass is 288 g/mol. The van der Waals surface area contributed by atoms with Crippen LogP contribution in [0.15, 0.2) is 42.7 Å². The molecule has 2 atom stereocenters. The Balaban J connectivity index is 1.83. The highest BCUT2D eigenvalue weighted by Crippen LogP contribution is 2.15. The summed E-state index contributed by atoms with van der Waals surface area (Å²) in [5, 5.41) is 19.1. The number of rotatable bonds is 5. The summed E-state index contributed by atoms with van der Waals surface area (Å²) < 4.78 is 1.77. The van der Waals surface area contributed by atoms with Crippen molar-refractivity contribution >= 4 is 11.7 Å². The van der Waals surface area contributed by atoms with E-state index in [4.69, 9.17) is 0 Å². The number of hydrogen-bond donors (Lipinski definition) is 3. The van der Waals surface area contributed by atoms with E-state index in [-0.39, 0.29) is 12.1 Å². The van der Waals surface area contributed by atoms with Crippen molar-refractivity contribution in [3.05, 3.63) is 48.3 Å². The maximum atomic E-state index is 11.9. The molecule has 6 heteroatoms. The normalized spacial score (nSPS) is 13.5. The Bertz CT molecular complexity index is 564. The lowest BCUT2D eigenvalue weighted by atomic mass is 10.1. The molecule has 0 fully saturated rings. The van der Waals surface area contributed by atoms with Crippen LogP contribution in [0.4, 0.5) is 10.5 Å². The van der Waals surface area contributed by atoms with Crippen LogP contribution in [0.5, 0.6) is 0 Å². The summed E-state index contributed by atoms with van der Waals surface area (Å²) in [5.74, 6) is 0. The van der Waals surface area contributed by atoms with E-state index in [1.807, 2.05) is 19.2 Å². The number of aromatic nitrogens is 2. The zero-order chi connectivity index (χ0) is 15.2. The first-order chi connectivity index (χ1) is 10.0. The van der Waals surface area contributed by atoms with Crippen molar-refractivity contribution in [2.24, 2.45) is 0 Å². The second-order valence-corrected chi connectivity index (χ2v) is 5.03. The number of amides is 2. The average molecular weight is 288 g/mol. The van der Waals surface area contributed by atoms with Crippen LogP contribution in [-0.2, 0) is 6.54 Å². The molecule has 1 aromatic heterocycles. The van der Waals surface area contributed by atoms with Gasteiger partial charge in [-0.3, -0.25) is 4.68 Å². The Kier molecular flexibility index (Phi) is 4.94. The molecule has 0 saturated carbocycles. The van der Waals surface area contributed by atoms with Crippen LogP contribution in [0.3, 0.4) is 0 Å². The molecule has 1 heterocycles. The van der Waals surface area contributed by atoms with Crippen LogP contribution in [0.25, 0.3) is 0 Å². The largest absolute Gasteiger partial charge is 0.389 e. The van der Waals surface area contributed by atoms with Gasteiger partial charge in [0, 0.05) is 24.1 Å². The van der Waals surface area contributed by atoms with Crippen LogP contribution in [0.2, 0.25) is 0 Å². The van der Waals surface area contributed by atoms with Gasteiger partial charge in [0.15, 0.2) is 0 Å². The van der Waals surface area contributed by atoms with Crippen molar-refractivity contribution in [1.29, 1.82) is 0 Å². The summed E-state index contributed by atoms with van der Waals surface area (Å²) in [4.78, 5) is 11.9. The van der Waals surface area contributed by atoms with Gasteiger partial charge in [-0.25, -0.2) is 4.79 Å². The summed E-state index contributed by atoms with van der Waals surface area (Å²) in [6.07, 6.45) is 3.04. The number of aliphatic hydroxyl groups is 1. The molecule has 0 bridgehead atoms. The third kappa shape index (κ3) is 4.61. The Morgan fingerprint density at radius 1 is 1.33 bits per heavy atom. The molecule has 0 aliphatic heterocycles. The zero-order valence-electron chi connectivity index (χ0n) is 12.2. The molecule has 0 aliphatic rings. The average Bonchev–Trinajstić information content (AvgIpc) is 2.91. The maximum Gasteiger partial charge on any atom is 0.319 e. The fourth-order valence-electron chi connectivity index (χ4n) is 1.97. The number of nitrogens with one attached hydrogen (secondary N) is 2. The van der Waals surface area contributed by atoms with Crippen molar-refractivity contribution in [3.8, 4) is 0 Å². The number of carbonyl (C=O) groups excluding carboxylic acids is 1. The molecule has 3 N–H and O–H groups in total. The van der Waals surface area contributed by atoms with E-state index in [0.717, 1.165) is 5.56 Å². The van der Waals surface area contributed by atoms with Crippen molar-refractivity contribution in [1.82, 2.24) is 15.1 Å². The molecule has 6 nitrogen and oxygen atoms in total. The smallest absolute Gasteiger partial charge is 0.319 e. The van der Waals surface area contributed by atoms with E-state index in [1.165, 1.54) is 0 Å². The highest BCUT2D eigenvalue weighted by atomic mass is 16.3. The summed E-state index contributed by atoms with van der Waals surface area (Å²) in [6, 6.07) is 8.64. The molecule has 1 aromatic carbocycles. The number of aliphatic hydroxyl groups excluding tert-OH is 1. The van der Waals surface area contributed by atoms with Crippen LogP contribution in [0, 0.1) is 0 Å². The van der Waals surface area contributed by atoms with Gasteiger partial charge in [0.05, 0.1) is 12.6 Å². The molecule has 112 valence electrons. The van der Waals surface area contributed by atoms with Crippen molar-refractivity contribution in [3.63, 3.8) is 0 Å². The van der Waals surface area contributed by atoms with Crippen molar-refractivity contribution < 1.29 is 9.90 Å². The van der Waals surface area contributed by atoms with Gasteiger partial charge in [-0.1, -0.05) is 12.1 Å². The Morgan fingerprint density at radius 2 is 2.05 bits per heavy atom. The summed E-state index contributed by atoms with van der Waals surface area (Å²) >= 11 is 0. The fourth-order valence-corrected chi connectivity index (χ4v) is 1.97. The van der Waals surface area contributed by atoms with Gasteiger partial charge in [0.2, 0.25) is 0 Å². The zero-order valence-corrected chi connectivity index (χ0v) is 12.2. The molecule has 0 spiro atoms. The molecule has 2 unspecified atom stereocenters. The second-order valence-electron chi connectivity index (χ2n) is 5.03. The lowest BCUT2D eigenvalue weighted by Crippen LogP contribution is -2.38. The Hall–Kier alpha value is -2.34. The van der Waals surface area contributed by atoms with E-state index in [1.54, 1.807) is 42.1 Å². The molecular formula is C15H20N4O2. The highest BCUT2D eigenvalue weighted by Gasteiger charge is 2.08. The number of hydrogen-bond acceptors (Lipinski definition) is 3. The lowest BCUT2D eigenvalue weighted by Gasteiger charge is -2.15. The summed E-state index contributed by atoms with van der Waals surface area (Å²) in [5.41, 5.74) is 1.50. The third-order valence-corrected chi connectivity index (χ3v) is 3.05. The number of carbonyl (C=O) groups is 1. The topological polar surface area (TPSA) is 79.2 Å². The first-order valence-electron chi connectivity index (χ1n) is 6.87. The van der Waals surface area contributed by atoms with Crippen LogP contribution >= 0.6 is 0 Å². The number of benzene rings is 1. The van der Waals surface area contributed by atoms with Crippen LogP contribution in [0.1, 0.15) is 25.5 Å². The number of anilines is 1. The molecule has 2 aromatic rings. The van der Waals surface area contributed by atoms with Crippen LogP contribution < -0.4 is 10.6 Å². The second kappa shape index (κ2) is 6.90. The Morgan fingerprint density at radius 3 is 2.62 bits per heavy atom. The van der Waals surface area contributed by atoms with Crippen LogP contribution in [-0.4, -0.2) is 27.0 Å². The van der Waals surface area contributed by atoms with E-state index >= 15 is 0 Å². The highest BCUT2D eigenvalue weighted by molar-refractivity contribution is 5.89. The SMILES string of the molecule is CC(Cn1cccn1)NC(=O)Nc1ccc(C(C)O)cc1. The summed E-state index contributed by atoms with van der Waals surface area (Å²) in [6.45, 7) is 4.23. The quantitative estimate of drug-likeness (QED) is 0.788. The minimum absolute atomic E-state index is 0.0402. The predicted octanol–water partition coefficient (Wildman–Crippen LogP) is 2.15. The van der Waals surface area contributed by atoms with Gasteiger partial charge in [0.25, 0.3) is 0 Å². The molecule has 2 rings (SSSR count). The molecule has 0 saturated heterocycles. The third-order valence-electron chi connectivity index (χ3n) is 3.05. The van der Waals surface area contributed by atoms with E-state index in [0.29, 0.717) is 12.2 Å². The minimum atomic E-state index is -0.512. The first-order valence-corrected chi connectivity index (χ1v) is 6.87. The van der Waals surface area contributed by atoms with Gasteiger partial charge in [0.1, 0.15) is 0 Å². The Labute approximate surface area is 123 Å². The van der Waals surface area contributed by atoms with Crippen molar-refractivity contribution in [2.75, 3.05) is 5.32 Å². The molecule has 0 aliphatic carbocycles. The molecule has 2 amide bonds. The van der Waals surface area contributed by atoms with Crippen molar-refractivity contribution in [2.45, 2.75) is 32.5 Å². The van der Waals surface area contributed by atoms with E-state index in [9.17, 15) is 9.90 Å².